The van der Waals surface area contributed by atoms with Crippen LogP contribution in [0.15, 0.2) is 0 Å². The molecule has 1 unspecified atom stereocenters. The van der Waals surface area contributed by atoms with Crippen molar-refractivity contribution >= 4 is 23.9 Å². The normalized spacial score (nSPS) is 16.5. The van der Waals surface area contributed by atoms with E-state index >= 15 is 0 Å². The van der Waals surface area contributed by atoms with Gasteiger partial charge in [0.05, 0.1) is 6.42 Å². The van der Waals surface area contributed by atoms with Crippen molar-refractivity contribution in [1.29, 1.82) is 0 Å². The van der Waals surface area contributed by atoms with Crippen LogP contribution < -0.4 is 5.32 Å². The average molecular weight is 328 g/mol. The maximum atomic E-state index is 11.9. The maximum absolute atomic E-state index is 11.9. The molecule has 0 bridgehead atoms. The second-order valence-electron chi connectivity index (χ2n) is 6.75. The van der Waals surface area contributed by atoms with Crippen LogP contribution in [0.25, 0.3) is 0 Å². The summed E-state index contributed by atoms with van der Waals surface area (Å²) in [7, 11) is 0. The molecule has 8 nitrogen and oxygen atoms in total. The predicted octanol–water partition coefficient (Wildman–Crippen LogP) is 1.53. The second kappa shape index (κ2) is 7.43. The maximum Gasteiger partial charge on any atom is 0.407 e. The summed E-state index contributed by atoms with van der Waals surface area (Å²) in [5.74, 6) is -1.91. The van der Waals surface area contributed by atoms with Gasteiger partial charge in [-0.15, -0.1) is 5.06 Å². The second-order valence-corrected chi connectivity index (χ2v) is 6.75. The summed E-state index contributed by atoms with van der Waals surface area (Å²) in [6.45, 7) is 8.84. The van der Waals surface area contributed by atoms with E-state index in [0.717, 1.165) is 0 Å². The summed E-state index contributed by atoms with van der Waals surface area (Å²) < 4.78 is 5.15. The Hall–Kier alpha value is -2.12. The van der Waals surface area contributed by atoms with Crippen LogP contribution in [0.2, 0.25) is 0 Å². The number of ether oxygens (including phenoxy) is 1. The molecule has 1 saturated heterocycles. The van der Waals surface area contributed by atoms with Crippen LogP contribution in [0.3, 0.4) is 0 Å². The summed E-state index contributed by atoms with van der Waals surface area (Å²) in [4.78, 5) is 51.3. The van der Waals surface area contributed by atoms with Gasteiger partial charge in [0.1, 0.15) is 5.60 Å². The number of nitrogens with zero attached hydrogens (tertiary/aromatic N) is 1. The Morgan fingerprint density at radius 1 is 1.17 bits per heavy atom. The summed E-state index contributed by atoms with van der Waals surface area (Å²) in [5, 5.41) is 3.09. The topological polar surface area (TPSA) is 102 Å². The number of amides is 3. The standard InChI is InChI=1S/C15H24N2O6/c1-9(2)10(16-14(21)22-15(3,4)5)8-13(20)23-17-11(18)6-7-12(17)19/h9-10H,6-8H2,1-5H3,(H,16,21). The molecule has 130 valence electrons. The Morgan fingerprint density at radius 3 is 2.13 bits per heavy atom. The number of hydroxylamine groups is 2. The number of imide groups is 1. The highest BCUT2D eigenvalue weighted by Crippen LogP contribution is 2.15. The van der Waals surface area contributed by atoms with Gasteiger partial charge in [0.15, 0.2) is 0 Å². The van der Waals surface area contributed by atoms with Gasteiger partial charge in [0.25, 0.3) is 11.8 Å². The lowest BCUT2D eigenvalue weighted by Gasteiger charge is -2.25. The van der Waals surface area contributed by atoms with Crippen LogP contribution in [0.4, 0.5) is 4.79 Å². The number of nitrogens with one attached hydrogen (secondary N) is 1. The molecule has 0 spiro atoms. The third kappa shape index (κ3) is 6.25. The van der Waals surface area contributed by atoms with E-state index in [4.69, 9.17) is 9.57 Å². The molecule has 1 rings (SSSR count). The summed E-state index contributed by atoms with van der Waals surface area (Å²) in [5.41, 5.74) is -0.652. The van der Waals surface area contributed by atoms with E-state index in [1.165, 1.54) is 0 Å². The first-order valence-electron chi connectivity index (χ1n) is 7.55. The van der Waals surface area contributed by atoms with Crippen molar-refractivity contribution < 1.29 is 28.8 Å². The molecule has 1 N–H and O–H groups in total. The van der Waals surface area contributed by atoms with Gasteiger partial charge in [-0.05, 0) is 26.7 Å². The van der Waals surface area contributed by atoms with Crippen molar-refractivity contribution in [3.63, 3.8) is 0 Å². The highest BCUT2D eigenvalue weighted by molar-refractivity contribution is 6.01. The average Bonchev–Trinajstić information content (AvgIpc) is 2.67. The molecule has 3 amide bonds. The first-order valence-corrected chi connectivity index (χ1v) is 7.55. The smallest absolute Gasteiger partial charge is 0.407 e. The largest absolute Gasteiger partial charge is 0.444 e. The van der Waals surface area contributed by atoms with E-state index in [9.17, 15) is 19.2 Å². The fourth-order valence-corrected chi connectivity index (χ4v) is 1.89. The Morgan fingerprint density at radius 2 is 1.70 bits per heavy atom. The minimum Gasteiger partial charge on any atom is -0.444 e. The van der Waals surface area contributed by atoms with Crippen molar-refractivity contribution in [2.45, 2.75) is 65.5 Å². The molecule has 1 fully saturated rings. The van der Waals surface area contributed by atoms with Crippen LogP contribution in [0.5, 0.6) is 0 Å². The molecule has 1 heterocycles. The molecule has 1 aliphatic rings. The number of carbonyl (C=O) groups is 4. The number of hydrogen-bond acceptors (Lipinski definition) is 6. The van der Waals surface area contributed by atoms with Crippen molar-refractivity contribution in [1.82, 2.24) is 10.4 Å². The van der Waals surface area contributed by atoms with Gasteiger partial charge in [0.2, 0.25) is 0 Å². The molecule has 0 aliphatic carbocycles. The minimum absolute atomic E-state index is 0.0376. The van der Waals surface area contributed by atoms with Gasteiger partial charge in [-0.1, -0.05) is 13.8 Å². The predicted molar refractivity (Wildman–Crippen MR) is 79.8 cm³/mol. The monoisotopic (exact) mass is 328 g/mol. The van der Waals surface area contributed by atoms with E-state index in [0.29, 0.717) is 5.06 Å². The molecule has 0 radical (unpaired) electrons. The van der Waals surface area contributed by atoms with E-state index in [2.05, 4.69) is 5.32 Å². The molecule has 23 heavy (non-hydrogen) atoms. The van der Waals surface area contributed by atoms with Crippen LogP contribution >= 0.6 is 0 Å². The van der Waals surface area contributed by atoms with Crippen LogP contribution in [-0.4, -0.2) is 40.6 Å². The van der Waals surface area contributed by atoms with Gasteiger partial charge in [-0.3, -0.25) is 9.59 Å². The zero-order valence-electron chi connectivity index (χ0n) is 14.2. The lowest BCUT2D eigenvalue weighted by molar-refractivity contribution is -0.198. The third-order valence-corrected chi connectivity index (χ3v) is 3.09. The van der Waals surface area contributed by atoms with Gasteiger partial charge in [0, 0.05) is 18.9 Å². The van der Waals surface area contributed by atoms with Crippen molar-refractivity contribution in [3.05, 3.63) is 0 Å². The van der Waals surface area contributed by atoms with Gasteiger partial charge in [-0.25, -0.2) is 9.59 Å². The van der Waals surface area contributed by atoms with Gasteiger partial charge in [-0.2, -0.15) is 0 Å². The van der Waals surface area contributed by atoms with E-state index in [1.807, 2.05) is 13.8 Å². The molecule has 8 heteroatoms. The zero-order valence-corrected chi connectivity index (χ0v) is 14.2. The molecule has 0 aromatic carbocycles. The highest BCUT2D eigenvalue weighted by atomic mass is 16.7. The first-order chi connectivity index (χ1) is 10.5. The zero-order chi connectivity index (χ0) is 17.8. The molecule has 0 saturated carbocycles. The van der Waals surface area contributed by atoms with E-state index in [-0.39, 0.29) is 25.2 Å². The number of carbonyl (C=O) groups excluding carboxylic acids is 4. The fourth-order valence-electron chi connectivity index (χ4n) is 1.89. The van der Waals surface area contributed by atoms with Crippen LogP contribution in [0, 0.1) is 5.92 Å². The SMILES string of the molecule is CC(C)C(CC(=O)ON1C(=O)CCC1=O)NC(=O)OC(C)(C)C. The summed E-state index contributed by atoms with van der Waals surface area (Å²) in [6.07, 6.45) is -0.739. The van der Waals surface area contributed by atoms with Crippen LogP contribution in [0.1, 0.15) is 53.9 Å². The number of alkyl carbamates (subject to hydrolysis) is 1. The fraction of sp³-hybridized carbons (Fsp3) is 0.733. The summed E-state index contributed by atoms with van der Waals surface area (Å²) in [6, 6.07) is -0.537. The Kier molecular flexibility index (Phi) is 6.12. The third-order valence-electron chi connectivity index (χ3n) is 3.09. The minimum atomic E-state index is -0.761. The highest BCUT2D eigenvalue weighted by Gasteiger charge is 2.34. The van der Waals surface area contributed by atoms with E-state index in [1.54, 1.807) is 20.8 Å². The lowest BCUT2D eigenvalue weighted by Crippen LogP contribution is -2.44. The first kappa shape index (κ1) is 18.9. The number of hydrogen-bond donors (Lipinski definition) is 1. The quantitative estimate of drug-likeness (QED) is 0.768. The molecular formula is C15H24N2O6. The summed E-state index contributed by atoms with van der Waals surface area (Å²) >= 11 is 0. The molecule has 1 aliphatic heterocycles. The van der Waals surface area contributed by atoms with Crippen molar-refractivity contribution in [3.8, 4) is 0 Å². The lowest BCUT2D eigenvalue weighted by atomic mass is 10.0. The van der Waals surface area contributed by atoms with Gasteiger partial charge < -0.3 is 14.9 Å². The van der Waals surface area contributed by atoms with Crippen LogP contribution in [-0.2, 0) is 24.0 Å². The van der Waals surface area contributed by atoms with Crippen molar-refractivity contribution in [2.75, 3.05) is 0 Å². The molecule has 1 atom stereocenters. The van der Waals surface area contributed by atoms with Gasteiger partial charge >= 0.3 is 12.1 Å². The molecule has 0 aromatic rings. The molecule has 0 aromatic heterocycles. The van der Waals surface area contributed by atoms with E-state index < -0.39 is 35.5 Å². The Labute approximate surface area is 135 Å². The Bertz CT molecular complexity index is 479. The number of rotatable bonds is 5. The van der Waals surface area contributed by atoms with Crippen molar-refractivity contribution in [2.24, 2.45) is 5.92 Å². The Balaban J connectivity index is 2.58. The molecular weight excluding hydrogens is 304 g/mol.